The molecule has 1 heterocycles. The number of piperazine rings is 1. The average Bonchev–Trinajstić information content (AvgIpc) is 2.69. The van der Waals surface area contributed by atoms with E-state index in [1.807, 2.05) is 17.0 Å². The lowest BCUT2D eigenvalue weighted by Crippen LogP contribution is -2.49. The van der Waals surface area contributed by atoms with Crippen LogP contribution in [0.3, 0.4) is 0 Å². The van der Waals surface area contributed by atoms with E-state index in [2.05, 4.69) is 6.07 Å². The van der Waals surface area contributed by atoms with Gasteiger partial charge in [0.25, 0.3) is 0 Å². The highest BCUT2D eigenvalue weighted by Crippen LogP contribution is 2.28. The Bertz CT molecular complexity index is 984. The van der Waals surface area contributed by atoms with Crippen LogP contribution >= 0.6 is 11.6 Å². The van der Waals surface area contributed by atoms with Gasteiger partial charge in [-0.15, -0.1) is 0 Å². The summed E-state index contributed by atoms with van der Waals surface area (Å²) in [4.78, 5) is 1.82. The van der Waals surface area contributed by atoms with Gasteiger partial charge >= 0.3 is 0 Å². The summed E-state index contributed by atoms with van der Waals surface area (Å²) in [6, 6.07) is 12.3. The Hall–Kier alpha value is -2.18. The molecule has 6 nitrogen and oxygen atoms in total. The number of benzene rings is 2. The molecule has 1 saturated heterocycles. The molecule has 0 aliphatic carbocycles. The highest BCUT2D eigenvalue weighted by Gasteiger charge is 2.32. The van der Waals surface area contributed by atoms with Crippen molar-refractivity contribution in [2.45, 2.75) is 10.9 Å². The topological polar surface area (TPSA) is 73.6 Å². The van der Waals surface area contributed by atoms with E-state index in [1.165, 1.54) is 10.4 Å². The summed E-state index contributed by atoms with van der Waals surface area (Å²) in [7, 11) is -2.26. The maximum atomic E-state index is 13.2. The minimum Gasteiger partial charge on any atom is -0.497 e. The van der Waals surface area contributed by atoms with Crippen LogP contribution in [0, 0.1) is 17.1 Å². The molecule has 0 spiro atoms. The quantitative estimate of drug-likeness (QED) is 0.739. The lowest BCUT2D eigenvalue weighted by molar-refractivity contribution is 0.162. The first-order valence-electron chi connectivity index (χ1n) is 8.59. The van der Waals surface area contributed by atoms with Gasteiger partial charge in [0.05, 0.1) is 18.2 Å². The molecule has 0 unspecified atom stereocenters. The van der Waals surface area contributed by atoms with Crippen LogP contribution in [0.2, 0.25) is 5.02 Å². The summed E-state index contributed by atoms with van der Waals surface area (Å²) in [5.41, 5.74) is 0.821. The number of sulfonamides is 1. The monoisotopic (exact) mass is 423 g/mol. The average molecular weight is 424 g/mol. The van der Waals surface area contributed by atoms with E-state index in [0.717, 1.165) is 17.7 Å². The van der Waals surface area contributed by atoms with E-state index < -0.39 is 21.9 Å². The van der Waals surface area contributed by atoms with E-state index >= 15 is 0 Å². The van der Waals surface area contributed by atoms with E-state index in [-0.39, 0.29) is 23.0 Å². The standard InChI is InChI=1S/C19H19ClFN3O3S/c1-27-16-5-2-14(3-6-16)18(13-22)23-8-10-24(11-9-23)28(25,26)19-7-4-15(21)12-17(19)20/h2-7,12,18H,8-11H2,1H3/t18-/m1/s1. The fourth-order valence-electron chi connectivity index (χ4n) is 3.18. The summed E-state index contributed by atoms with van der Waals surface area (Å²) >= 11 is 5.93. The molecule has 148 valence electrons. The molecule has 0 amide bonds. The van der Waals surface area contributed by atoms with Crippen LogP contribution in [0.4, 0.5) is 4.39 Å². The third kappa shape index (κ3) is 4.13. The van der Waals surface area contributed by atoms with Crippen molar-refractivity contribution in [3.63, 3.8) is 0 Å². The number of ether oxygens (including phenoxy) is 1. The Labute approximate surface area is 168 Å². The number of halogens is 2. The van der Waals surface area contributed by atoms with Gasteiger partial charge in [0, 0.05) is 26.2 Å². The van der Waals surface area contributed by atoms with E-state index in [0.29, 0.717) is 18.8 Å². The number of hydrogen-bond acceptors (Lipinski definition) is 5. The lowest BCUT2D eigenvalue weighted by atomic mass is 10.1. The third-order valence-corrected chi connectivity index (χ3v) is 7.09. The number of methoxy groups -OCH3 is 1. The first-order valence-corrected chi connectivity index (χ1v) is 10.4. The van der Waals surface area contributed by atoms with Gasteiger partial charge in [0.15, 0.2) is 0 Å². The minimum atomic E-state index is -3.83. The Morgan fingerprint density at radius 3 is 2.32 bits per heavy atom. The summed E-state index contributed by atoms with van der Waals surface area (Å²) in [5, 5.41) is 9.47. The molecule has 1 aliphatic heterocycles. The Morgan fingerprint density at radius 1 is 1.14 bits per heavy atom. The van der Waals surface area contributed by atoms with Crippen molar-refractivity contribution in [3.8, 4) is 11.8 Å². The molecular formula is C19H19ClFN3O3S. The van der Waals surface area contributed by atoms with Crippen molar-refractivity contribution in [1.29, 1.82) is 5.26 Å². The molecule has 1 atom stereocenters. The highest BCUT2D eigenvalue weighted by atomic mass is 35.5. The first-order chi connectivity index (χ1) is 13.4. The summed E-state index contributed by atoms with van der Waals surface area (Å²) in [5.74, 6) is 0.109. The molecule has 9 heteroatoms. The summed E-state index contributed by atoms with van der Waals surface area (Å²) in [6.45, 7) is 1.21. The zero-order valence-electron chi connectivity index (χ0n) is 15.2. The molecule has 0 radical (unpaired) electrons. The zero-order valence-corrected chi connectivity index (χ0v) is 16.8. The maximum Gasteiger partial charge on any atom is 0.244 e. The molecule has 0 bridgehead atoms. The second-order valence-electron chi connectivity index (χ2n) is 6.32. The largest absolute Gasteiger partial charge is 0.497 e. The van der Waals surface area contributed by atoms with Crippen LogP contribution in [-0.4, -0.2) is 50.9 Å². The predicted octanol–water partition coefficient (Wildman–Crippen LogP) is 3.06. The lowest BCUT2D eigenvalue weighted by Gasteiger charge is -2.36. The van der Waals surface area contributed by atoms with Gasteiger partial charge in [-0.05, 0) is 35.9 Å². The molecule has 0 N–H and O–H groups in total. The third-order valence-electron chi connectivity index (χ3n) is 4.70. The Kier molecular flexibility index (Phi) is 6.20. The van der Waals surface area contributed by atoms with Crippen LogP contribution in [-0.2, 0) is 10.0 Å². The Morgan fingerprint density at radius 2 is 1.79 bits per heavy atom. The van der Waals surface area contributed by atoms with Crippen LogP contribution in [0.25, 0.3) is 0 Å². The molecule has 1 fully saturated rings. The molecule has 2 aromatic rings. The van der Waals surface area contributed by atoms with Crippen molar-refractivity contribution >= 4 is 21.6 Å². The van der Waals surface area contributed by atoms with Crippen LogP contribution < -0.4 is 4.74 Å². The number of nitriles is 1. The summed E-state index contributed by atoms with van der Waals surface area (Å²) in [6.07, 6.45) is 0. The fourth-order valence-corrected chi connectivity index (χ4v) is 5.11. The molecule has 3 rings (SSSR count). The minimum absolute atomic E-state index is 0.115. The molecule has 0 aromatic heterocycles. The smallest absolute Gasteiger partial charge is 0.244 e. The van der Waals surface area contributed by atoms with Gasteiger partial charge in [0.1, 0.15) is 22.5 Å². The SMILES string of the molecule is COc1ccc([C@@H](C#N)N2CCN(S(=O)(=O)c3ccc(F)cc3Cl)CC2)cc1. The van der Waals surface area contributed by atoms with Gasteiger partial charge < -0.3 is 4.74 Å². The number of nitrogens with zero attached hydrogens (tertiary/aromatic N) is 3. The maximum absolute atomic E-state index is 13.2. The highest BCUT2D eigenvalue weighted by molar-refractivity contribution is 7.89. The van der Waals surface area contributed by atoms with Crippen LogP contribution in [0.5, 0.6) is 5.75 Å². The zero-order chi connectivity index (χ0) is 20.3. The van der Waals surface area contributed by atoms with Crippen molar-refractivity contribution < 1.29 is 17.5 Å². The second-order valence-corrected chi connectivity index (χ2v) is 8.63. The predicted molar refractivity (Wildman–Crippen MR) is 103 cm³/mol. The normalized spacial score (nSPS) is 17.1. The van der Waals surface area contributed by atoms with Gasteiger partial charge in [-0.3, -0.25) is 4.90 Å². The van der Waals surface area contributed by atoms with Crippen LogP contribution in [0.15, 0.2) is 47.4 Å². The van der Waals surface area contributed by atoms with E-state index in [4.69, 9.17) is 16.3 Å². The van der Waals surface area contributed by atoms with Crippen LogP contribution in [0.1, 0.15) is 11.6 Å². The molecule has 28 heavy (non-hydrogen) atoms. The molecule has 2 aromatic carbocycles. The number of hydrogen-bond donors (Lipinski definition) is 0. The van der Waals surface area contributed by atoms with E-state index in [9.17, 15) is 18.1 Å². The molecule has 1 aliphatic rings. The first kappa shape index (κ1) is 20.6. The van der Waals surface area contributed by atoms with Crippen molar-refractivity contribution in [2.75, 3.05) is 33.3 Å². The molecular weight excluding hydrogens is 405 g/mol. The summed E-state index contributed by atoms with van der Waals surface area (Å²) < 4.78 is 45.3. The van der Waals surface area contributed by atoms with Gasteiger partial charge in [-0.25, -0.2) is 12.8 Å². The van der Waals surface area contributed by atoms with Crippen molar-refractivity contribution in [2.24, 2.45) is 0 Å². The van der Waals surface area contributed by atoms with Gasteiger partial charge in [0.2, 0.25) is 10.0 Å². The van der Waals surface area contributed by atoms with Crippen molar-refractivity contribution in [3.05, 3.63) is 58.9 Å². The number of rotatable bonds is 5. The van der Waals surface area contributed by atoms with Gasteiger partial charge in [-0.1, -0.05) is 23.7 Å². The molecule has 0 saturated carbocycles. The van der Waals surface area contributed by atoms with Gasteiger partial charge in [-0.2, -0.15) is 9.57 Å². The second kappa shape index (κ2) is 8.45. The Balaban J connectivity index is 1.73. The van der Waals surface area contributed by atoms with E-state index in [1.54, 1.807) is 19.2 Å². The van der Waals surface area contributed by atoms with Crippen molar-refractivity contribution in [1.82, 2.24) is 9.21 Å². The fraction of sp³-hybridized carbons (Fsp3) is 0.316.